The summed E-state index contributed by atoms with van der Waals surface area (Å²) in [6.07, 6.45) is 0. The van der Waals surface area contributed by atoms with E-state index < -0.39 is 5.60 Å². The highest BCUT2D eigenvalue weighted by molar-refractivity contribution is 7.22. The molecule has 0 aliphatic rings. The Morgan fingerprint density at radius 2 is 2.25 bits per heavy atom. The van der Waals surface area contributed by atoms with E-state index in [4.69, 9.17) is 5.73 Å². The number of nitrogens with one attached hydrogen (secondary N) is 1. The van der Waals surface area contributed by atoms with Crippen LogP contribution in [0.4, 0.5) is 10.8 Å². The Balaban J connectivity index is 2.20. The molecule has 2 aromatic rings. The van der Waals surface area contributed by atoms with Gasteiger partial charge in [0.05, 0.1) is 15.8 Å². The first-order valence-electron chi connectivity index (χ1n) is 5.06. The third-order valence-corrected chi connectivity index (χ3v) is 3.06. The molecule has 0 aliphatic heterocycles. The van der Waals surface area contributed by atoms with Crippen molar-refractivity contribution in [1.29, 1.82) is 0 Å². The van der Waals surface area contributed by atoms with Crippen LogP contribution in [0, 0.1) is 0 Å². The zero-order valence-electron chi connectivity index (χ0n) is 9.32. The Bertz CT molecular complexity index is 501. The van der Waals surface area contributed by atoms with E-state index in [1.807, 2.05) is 18.2 Å². The van der Waals surface area contributed by atoms with Gasteiger partial charge in [0, 0.05) is 12.2 Å². The van der Waals surface area contributed by atoms with E-state index in [0.29, 0.717) is 6.54 Å². The second-order valence-electron chi connectivity index (χ2n) is 4.41. The van der Waals surface area contributed by atoms with Gasteiger partial charge in [-0.05, 0) is 32.0 Å². The zero-order chi connectivity index (χ0) is 11.8. The zero-order valence-corrected chi connectivity index (χ0v) is 10.1. The summed E-state index contributed by atoms with van der Waals surface area (Å²) in [4.78, 5) is 4.40. The maximum Gasteiger partial charge on any atom is 0.183 e. The van der Waals surface area contributed by atoms with E-state index in [1.54, 1.807) is 13.8 Å². The third-order valence-electron chi connectivity index (χ3n) is 2.08. The van der Waals surface area contributed by atoms with Gasteiger partial charge in [-0.15, -0.1) is 0 Å². The van der Waals surface area contributed by atoms with Gasteiger partial charge in [0.25, 0.3) is 0 Å². The molecule has 0 fully saturated rings. The molecule has 4 nitrogen and oxygen atoms in total. The molecular formula is C11H15N3OS. The summed E-state index contributed by atoms with van der Waals surface area (Å²) in [7, 11) is 0. The number of rotatable bonds is 3. The van der Waals surface area contributed by atoms with Gasteiger partial charge in [0.2, 0.25) is 0 Å². The van der Waals surface area contributed by atoms with E-state index in [0.717, 1.165) is 21.0 Å². The fourth-order valence-corrected chi connectivity index (χ4v) is 2.22. The summed E-state index contributed by atoms with van der Waals surface area (Å²) in [5, 5.41) is 13.5. The number of fused-ring (bicyclic) bond motifs is 1. The molecule has 0 bridgehead atoms. The minimum Gasteiger partial charge on any atom is -0.399 e. The molecule has 2 rings (SSSR count). The SMILES string of the molecule is CC(C)(O)CNc1nc2ccc(N)cc2s1. The number of thiazole rings is 1. The molecule has 0 saturated carbocycles. The van der Waals surface area contributed by atoms with Crippen molar-refractivity contribution in [2.24, 2.45) is 0 Å². The smallest absolute Gasteiger partial charge is 0.183 e. The second kappa shape index (κ2) is 3.92. The summed E-state index contributed by atoms with van der Waals surface area (Å²) < 4.78 is 1.05. The molecule has 0 atom stereocenters. The number of hydrogen-bond acceptors (Lipinski definition) is 5. The Kier molecular flexibility index (Phi) is 2.73. The van der Waals surface area contributed by atoms with E-state index in [2.05, 4.69) is 10.3 Å². The number of nitrogens with zero attached hydrogens (tertiary/aromatic N) is 1. The first kappa shape index (κ1) is 11.2. The average molecular weight is 237 g/mol. The molecule has 0 aliphatic carbocycles. The number of aliphatic hydroxyl groups is 1. The van der Waals surface area contributed by atoms with Crippen LogP contribution in [0.3, 0.4) is 0 Å². The van der Waals surface area contributed by atoms with E-state index >= 15 is 0 Å². The lowest BCUT2D eigenvalue weighted by molar-refractivity contribution is 0.0945. The fourth-order valence-electron chi connectivity index (χ4n) is 1.31. The number of aromatic nitrogens is 1. The van der Waals surface area contributed by atoms with E-state index in [9.17, 15) is 5.11 Å². The highest BCUT2D eigenvalue weighted by atomic mass is 32.1. The second-order valence-corrected chi connectivity index (χ2v) is 5.44. The molecular weight excluding hydrogens is 222 g/mol. The molecule has 5 heteroatoms. The van der Waals surface area contributed by atoms with Crippen LogP contribution in [0.25, 0.3) is 10.2 Å². The summed E-state index contributed by atoms with van der Waals surface area (Å²) in [6.45, 7) is 3.99. The maximum atomic E-state index is 9.59. The van der Waals surface area contributed by atoms with Crippen molar-refractivity contribution < 1.29 is 5.11 Å². The number of anilines is 2. The minimum atomic E-state index is -0.739. The quantitative estimate of drug-likeness (QED) is 0.715. The van der Waals surface area contributed by atoms with Crippen LogP contribution in [0.1, 0.15) is 13.8 Å². The monoisotopic (exact) mass is 237 g/mol. The maximum absolute atomic E-state index is 9.59. The number of nitrogen functional groups attached to an aromatic ring is 1. The van der Waals surface area contributed by atoms with Gasteiger partial charge in [-0.1, -0.05) is 11.3 Å². The Hall–Kier alpha value is -1.33. The summed E-state index contributed by atoms with van der Waals surface area (Å²) in [6, 6.07) is 5.64. The highest BCUT2D eigenvalue weighted by Gasteiger charge is 2.13. The lowest BCUT2D eigenvalue weighted by atomic mass is 10.1. The Morgan fingerprint density at radius 3 is 2.94 bits per heavy atom. The first-order chi connectivity index (χ1) is 7.44. The fraction of sp³-hybridized carbons (Fsp3) is 0.364. The predicted octanol–water partition coefficient (Wildman–Crippen LogP) is 2.06. The van der Waals surface area contributed by atoms with Crippen LogP contribution in [0.2, 0.25) is 0 Å². The van der Waals surface area contributed by atoms with Crippen molar-refractivity contribution in [3.63, 3.8) is 0 Å². The van der Waals surface area contributed by atoms with Gasteiger partial charge in [-0.3, -0.25) is 0 Å². The van der Waals surface area contributed by atoms with Crippen LogP contribution in [-0.4, -0.2) is 22.2 Å². The van der Waals surface area contributed by atoms with Gasteiger partial charge in [0.1, 0.15) is 0 Å². The van der Waals surface area contributed by atoms with Crippen LogP contribution in [-0.2, 0) is 0 Å². The summed E-state index contributed by atoms with van der Waals surface area (Å²) in [5.74, 6) is 0. The number of nitrogens with two attached hydrogens (primary N) is 1. The molecule has 0 amide bonds. The molecule has 86 valence electrons. The first-order valence-corrected chi connectivity index (χ1v) is 5.88. The number of benzene rings is 1. The average Bonchev–Trinajstić information content (AvgIpc) is 2.55. The van der Waals surface area contributed by atoms with Crippen LogP contribution >= 0.6 is 11.3 Å². The van der Waals surface area contributed by atoms with Crippen molar-refractivity contribution in [3.05, 3.63) is 18.2 Å². The van der Waals surface area contributed by atoms with Crippen LogP contribution in [0.15, 0.2) is 18.2 Å². The largest absolute Gasteiger partial charge is 0.399 e. The summed E-state index contributed by atoms with van der Waals surface area (Å²) >= 11 is 1.54. The predicted molar refractivity (Wildman–Crippen MR) is 68.8 cm³/mol. The molecule has 0 unspecified atom stereocenters. The molecule has 1 aromatic carbocycles. The molecule has 1 heterocycles. The minimum absolute atomic E-state index is 0.475. The number of hydrogen-bond donors (Lipinski definition) is 3. The molecule has 16 heavy (non-hydrogen) atoms. The molecule has 0 saturated heterocycles. The third kappa shape index (κ3) is 2.62. The van der Waals surface area contributed by atoms with Crippen molar-refractivity contribution in [2.75, 3.05) is 17.6 Å². The van der Waals surface area contributed by atoms with Crippen LogP contribution < -0.4 is 11.1 Å². The molecule has 0 radical (unpaired) electrons. The van der Waals surface area contributed by atoms with E-state index in [1.165, 1.54) is 11.3 Å². The van der Waals surface area contributed by atoms with Crippen molar-refractivity contribution in [1.82, 2.24) is 4.98 Å². The van der Waals surface area contributed by atoms with Gasteiger partial charge < -0.3 is 16.2 Å². The van der Waals surface area contributed by atoms with Crippen molar-refractivity contribution in [2.45, 2.75) is 19.4 Å². The molecule has 4 N–H and O–H groups in total. The molecule has 1 aromatic heterocycles. The standard InChI is InChI=1S/C11H15N3OS/c1-11(2,15)6-13-10-14-8-4-3-7(12)5-9(8)16-10/h3-5,15H,6,12H2,1-2H3,(H,13,14). The van der Waals surface area contributed by atoms with Gasteiger partial charge in [-0.2, -0.15) is 0 Å². The molecule has 0 spiro atoms. The van der Waals surface area contributed by atoms with Crippen molar-refractivity contribution >= 4 is 32.4 Å². The van der Waals surface area contributed by atoms with Gasteiger partial charge in [0.15, 0.2) is 5.13 Å². The lowest BCUT2D eigenvalue weighted by Crippen LogP contribution is -2.29. The Morgan fingerprint density at radius 1 is 1.50 bits per heavy atom. The van der Waals surface area contributed by atoms with E-state index in [-0.39, 0.29) is 0 Å². The van der Waals surface area contributed by atoms with Gasteiger partial charge in [-0.25, -0.2) is 4.98 Å². The lowest BCUT2D eigenvalue weighted by Gasteiger charge is -2.16. The van der Waals surface area contributed by atoms with Crippen molar-refractivity contribution in [3.8, 4) is 0 Å². The topological polar surface area (TPSA) is 71.2 Å². The highest BCUT2D eigenvalue weighted by Crippen LogP contribution is 2.27. The van der Waals surface area contributed by atoms with Crippen LogP contribution in [0.5, 0.6) is 0 Å². The van der Waals surface area contributed by atoms with Gasteiger partial charge >= 0.3 is 0 Å². The Labute approximate surface area is 98.1 Å². The summed E-state index contributed by atoms with van der Waals surface area (Å²) in [5.41, 5.74) is 6.62. The normalized spacial score (nSPS) is 11.9.